The van der Waals surface area contributed by atoms with E-state index in [2.05, 4.69) is 4.74 Å². The molecule has 0 bridgehead atoms. The van der Waals surface area contributed by atoms with Crippen LogP contribution in [-0.2, 0) is 14.3 Å². The molecule has 0 unspecified atom stereocenters. The maximum absolute atomic E-state index is 11.9. The van der Waals surface area contributed by atoms with E-state index in [1.165, 1.54) is 7.11 Å². The van der Waals surface area contributed by atoms with Crippen LogP contribution in [0.1, 0.15) is 17.0 Å². The third-order valence-corrected chi connectivity index (χ3v) is 3.37. The molecule has 0 fully saturated rings. The number of esters is 1. The van der Waals surface area contributed by atoms with Crippen LogP contribution in [0.2, 0.25) is 0 Å². The highest BCUT2D eigenvalue weighted by Gasteiger charge is 2.37. The normalized spacial score (nSPS) is 11.9. The summed E-state index contributed by atoms with van der Waals surface area (Å²) in [6.07, 6.45) is 0. The molecule has 2 aromatic rings. The van der Waals surface area contributed by atoms with Crippen LogP contribution in [0, 0.1) is 5.92 Å². The smallest absolute Gasteiger partial charge is 0.321 e. The van der Waals surface area contributed by atoms with Gasteiger partial charge in [-0.25, -0.2) is 0 Å². The highest BCUT2D eigenvalue weighted by molar-refractivity contribution is 5.95. The molecule has 4 heteroatoms. The largest absolute Gasteiger partial charge is 0.481 e. The number of benzene rings is 2. The van der Waals surface area contributed by atoms with E-state index < -0.39 is 23.8 Å². The molecule has 0 aliphatic heterocycles. The van der Waals surface area contributed by atoms with E-state index in [-0.39, 0.29) is 0 Å². The lowest BCUT2D eigenvalue weighted by Crippen LogP contribution is -2.31. The van der Waals surface area contributed by atoms with E-state index in [0.717, 1.165) is 11.1 Å². The number of carbonyl (C=O) groups is 2. The minimum atomic E-state index is -1.28. The highest BCUT2D eigenvalue weighted by atomic mass is 16.5. The fraction of sp³-hybridized carbons (Fsp3) is 0.176. The second-order valence-corrected chi connectivity index (χ2v) is 4.64. The zero-order chi connectivity index (χ0) is 15.2. The van der Waals surface area contributed by atoms with Gasteiger partial charge in [-0.3, -0.25) is 9.59 Å². The van der Waals surface area contributed by atoms with Crippen molar-refractivity contribution in [3.05, 3.63) is 71.8 Å². The summed E-state index contributed by atoms with van der Waals surface area (Å²) in [6, 6.07) is 18.2. The Labute approximate surface area is 123 Å². The molecular weight excluding hydrogens is 268 g/mol. The number of carboxylic acid groups (broad SMARTS) is 1. The SMILES string of the molecule is COC(=O)[C@H](C(=O)O)C(c1ccccc1)c1ccccc1. The standard InChI is InChI=1S/C17H16O4/c1-21-17(20)15(16(18)19)14(12-8-4-2-5-9-12)13-10-6-3-7-11-13/h2-11,14-15H,1H3,(H,18,19)/t15-/m0/s1. The zero-order valence-electron chi connectivity index (χ0n) is 11.6. The minimum absolute atomic E-state index is 0.586. The van der Waals surface area contributed by atoms with Gasteiger partial charge in [0.1, 0.15) is 0 Å². The van der Waals surface area contributed by atoms with E-state index in [4.69, 9.17) is 0 Å². The van der Waals surface area contributed by atoms with Gasteiger partial charge in [0.15, 0.2) is 5.92 Å². The number of ether oxygens (including phenoxy) is 1. The van der Waals surface area contributed by atoms with Crippen molar-refractivity contribution in [2.75, 3.05) is 7.11 Å². The molecule has 4 nitrogen and oxygen atoms in total. The molecular formula is C17H16O4. The average molecular weight is 284 g/mol. The number of methoxy groups -OCH3 is 1. The third kappa shape index (κ3) is 3.28. The van der Waals surface area contributed by atoms with E-state index in [1.54, 1.807) is 0 Å². The lowest BCUT2D eigenvalue weighted by atomic mass is 9.80. The molecule has 0 saturated heterocycles. The first-order valence-corrected chi connectivity index (χ1v) is 6.55. The van der Waals surface area contributed by atoms with Gasteiger partial charge in [0.25, 0.3) is 0 Å². The van der Waals surface area contributed by atoms with Crippen LogP contribution in [0.25, 0.3) is 0 Å². The summed E-state index contributed by atoms with van der Waals surface area (Å²) < 4.78 is 4.68. The number of aliphatic carboxylic acids is 1. The van der Waals surface area contributed by atoms with Crippen LogP contribution < -0.4 is 0 Å². The lowest BCUT2D eigenvalue weighted by molar-refractivity contribution is -0.157. The van der Waals surface area contributed by atoms with Gasteiger partial charge in [0.05, 0.1) is 7.11 Å². The van der Waals surface area contributed by atoms with Crippen molar-refractivity contribution in [2.24, 2.45) is 5.92 Å². The predicted molar refractivity (Wildman–Crippen MR) is 77.9 cm³/mol. The van der Waals surface area contributed by atoms with Gasteiger partial charge in [-0.1, -0.05) is 60.7 Å². The van der Waals surface area contributed by atoms with Crippen LogP contribution >= 0.6 is 0 Å². The third-order valence-electron chi connectivity index (χ3n) is 3.37. The van der Waals surface area contributed by atoms with E-state index in [1.807, 2.05) is 60.7 Å². The molecule has 0 aliphatic rings. The molecule has 0 aliphatic carbocycles. The van der Waals surface area contributed by atoms with Crippen LogP contribution in [0.15, 0.2) is 60.7 Å². The Balaban J connectivity index is 2.55. The number of carbonyl (C=O) groups excluding carboxylic acids is 1. The Kier molecular flexibility index (Phi) is 4.72. The predicted octanol–water partition coefficient (Wildman–Crippen LogP) is 2.69. The van der Waals surface area contributed by atoms with E-state index in [0.29, 0.717) is 0 Å². The topological polar surface area (TPSA) is 63.6 Å². The van der Waals surface area contributed by atoms with E-state index >= 15 is 0 Å². The maximum atomic E-state index is 11.9. The van der Waals surface area contributed by atoms with Gasteiger partial charge in [0.2, 0.25) is 0 Å². The first kappa shape index (κ1) is 14.8. The Morgan fingerprint density at radius 3 is 1.67 bits per heavy atom. The lowest BCUT2D eigenvalue weighted by Gasteiger charge is -2.23. The Bertz CT molecular complexity index is 568. The maximum Gasteiger partial charge on any atom is 0.321 e. The van der Waals surface area contributed by atoms with Crippen LogP contribution in [-0.4, -0.2) is 24.2 Å². The second-order valence-electron chi connectivity index (χ2n) is 4.64. The van der Waals surface area contributed by atoms with Crippen LogP contribution in [0.3, 0.4) is 0 Å². The zero-order valence-corrected chi connectivity index (χ0v) is 11.6. The highest BCUT2D eigenvalue weighted by Crippen LogP contribution is 2.33. The molecule has 0 radical (unpaired) electrons. The van der Waals surface area contributed by atoms with Gasteiger partial charge >= 0.3 is 11.9 Å². The van der Waals surface area contributed by atoms with Crippen molar-refractivity contribution in [1.82, 2.24) is 0 Å². The molecule has 0 heterocycles. The molecule has 2 rings (SSSR count). The Morgan fingerprint density at radius 2 is 1.33 bits per heavy atom. The van der Waals surface area contributed by atoms with Crippen molar-refractivity contribution in [2.45, 2.75) is 5.92 Å². The monoisotopic (exact) mass is 284 g/mol. The molecule has 0 saturated carbocycles. The average Bonchev–Trinajstić information content (AvgIpc) is 2.53. The molecule has 0 aromatic heterocycles. The van der Waals surface area contributed by atoms with Gasteiger partial charge in [-0.2, -0.15) is 0 Å². The minimum Gasteiger partial charge on any atom is -0.481 e. The van der Waals surface area contributed by atoms with Gasteiger partial charge < -0.3 is 9.84 Å². The Hall–Kier alpha value is -2.62. The fourth-order valence-electron chi connectivity index (χ4n) is 2.40. The molecule has 21 heavy (non-hydrogen) atoms. The summed E-state index contributed by atoms with van der Waals surface area (Å²) in [5, 5.41) is 9.47. The van der Waals surface area contributed by atoms with Crippen molar-refractivity contribution in [3.8, 4) is 0 Å². The summed E-state index contributed by atoms with van der Waals surface area (Å²) in [4.78, 5) is 23.5. The van der Waals surface area contributed by atoms with Gasteiger partial charge in [-0.15, -0.1) is 0 Å². The van der Waals surface area contributed by atoms with Gasteiger partial charge in [-0.05, 0) is 11.1 Å². The van der Waals surface area contributed by atoms with Crippen molar-refractivity contribution in [1.29, 1.82) is 0 Å². The first-order valence-electron chi connectivity index (χ1n) is 6.55. The Morgan fingerprint density at radius 1 is 0.905 bits per heavy atom. The van der Waals surface area contributed by atoms with Crippen LogP contribution in [0.4, 0.5) is 0 Å². The summed E-state index contributed by atoms with van der Waals surface area (Å²) in [5.74, 6) is -3.81. The summed E-state index contributed by atoms with van der Waals surface area (Å²) in [5.41, 5.74) is 1.53. The van der Waals surface area contributed by atoms with Crippen molar-refractivity contribution < 1.29 is 19.4 Å². The molecule has 108 valence electrons. The number of rotatable bonds is 5. The molecule has 0 amide bonds. The second kappa shape index (κ2) is 6.70. The van der Waals surface area contributed by atoms with Crippen molar-refractivity contribution in [3.63, 3.8) is 0 Å². The molecule has 1 N–H and O–H groups in total. The fourth-order valence-corrected chi connectivity index (χ4v) is 2.40. The number of hydrogen-bond acceptors (Lipinski definition) is 3. The quantitative estimate of drug-likeness (QED) is 0.677. The molecule has 1 atom stereocenters. The number of carboxylic acids is 1. The summed E-state index contributed by atoms with van der Waals surface area (Å²) in [6.45, 7) is 0. The molecule has 0 spiro atoms. The summed E-state index contributed by atoms with van der Waals surface area (Å²) >= 11 is 0. The number of hydrogen-bond donors (Lipinski definition) is 1. The summed E-state index contributed by atoms with van der Waals surface area (Å²) in [7, 11) is 1.20. The van der Waals surface area contributed by atoms with E-state index in [9.17, 15) is 14.7 Å². The first-order chi connectivity index (χ1) is 10.1. The van der Waals surface area contributed by atoms with Crippen molar-refractivity contribution >= 4 is 11.9 Å². The van der Waals surface area contributed by atoms with Crippen LogP contribution in [0.5, 0.6) is 0 Å². The van der Waals surface area contributed by atoms with Gasteiger partial charge in [0, 0.05) is 5.92 Å². The molecule has 2 aromatic carbocycles.